The van der Waals surface area contributed by atoms with E-state index in [1.54, 1.807) is 0 Å². The Morgan fingerprint density at radius 1 is 0.367 bits per heavy atom. The summed E-state index contributed by atoms with van der Waals surface area (Å²) >= 11 is 0. The highest BCUT2D eigenvalue weighted by molar-refractivity contribution is 5.98. The van der Waals surface area contributed by atoms with Crippen LogP contribution >= 0.6 is 0 Å². The maximum atomic E-state index is 11.9. The first kappa shape index (κ1) is 29.3. The Labute approximate surface area is 189 Å². The Morgan fingerprint density at radius 2 is 0.600 bits per heavy atom. The number of Topliss-reactive ketones (excluding diaryl/α,β-unsaturated/α-hetero) is 2. The highest BCUT2D eigenvalue weighted by atomic mass is 16.1. The van der Waals surface area contributed by atoms with Crippen molar-refractivity contribution >= 4 is 11.6 Å². The first-order valence-electron chi connectivity index (χ1n) is 13.7. The monoisotopic (exact) mass is 422 g/mol. The van der Waals surface area contributed by atoms with E-state index < -0.39 is 0 Å². The van der Waals surface area contributed by atoms with Crippen LogP contribution in [0.2, 0.25) is 0 Å². The van der Waals surface area contributed by atoms with Crippen molar-refractivity contribution in [2.75, 3.05) is 0 Å². The zero-order valence-electron chi connectivity index (χ0n) is 20.8. The Bertz CT molecular complexity index is 375. The lowest BCUT2D eigenvalue weighted by molar-refractivity contribution is -0.127. The fourth-order valence-electron chi connectivity index (χ4n) is 4.19. The summed E-state index contributed by atoms with van der Waals surface area (Å²) < 4.78 is 0. The molecule has 0 atom stereocenters. The van der Waals surface area contributed by atoms with Crippen LogP contribution in [0.5, 0.6) is 0 Å². The average Bonchev–Trinajstić information content (AvgIpc) is 2.73. The Balaban J connectivity index is 3.26. The maximum absolute atomic E-state index is 11.9. The highest BCUT2D eigenvalue weighted by Crippen LogP contribution is 2.14. The molecule has 0 unspecified atom stereocenters. The molecule has 0 aliphatic heterocycles. The smallest absolute Gasteiger partial charge is 0.140 e. The van der Waals surface area contributed by atoms with Gasteiger partial charge in [-0.15, -0.1) is 0 Å². The minimum Gasteiger partial charge on any atom is -0.299 e. The zero-order valence-corrected chi connectivity index (χ0v) is 20.8. The second kappa shape index (κ2) is 24.6. The molecule has 0 aliphatic carbocycles. The van der Waals surface area contributed by atoms with Crippen LogP contribution in [-0.2, 0) is 9.59 Å². The first-order valence-corrected chi connectivity index (χ1v) is 13.7. The third-order valence-electron chi connectivity index (χ3n) is 6.26. The van der Waals surface area contributed by atoms with Crippen molar-refractivity contribution in [3.8, 4) is 0 Å². The van der Waals surface area contributed by atoms with Gasteiger partial charge in [0.05, 0.1) is 6.42 Å². The first-order chi connectivity index (χ1) is 14.7. The summed E-state index contributed by atoms with van der Waals surface area (Å²) in [6, 6.07) is 0. The lowest BCUT2D eigenvalue weighted by Gasteiger charge is -2.04. The number of rotatable bonds is 25. The molecule has 0 bridgehead atoms. The van der Waals surface area contributed by atoms with E-state index in [1.807, 2.05) is 0 Å². The van der Waals surface area contributed by atoms with Gasteiger partial charge in [-0.1, -0.05) is 136 Å². The molecule has 0 fully saturated rings. The summed E-state index contributed by atoms with van der Waals surface area (Å²) in [6.07, 6.45) is 28.7. The normalized spacial score (nSPS) is 11.1. The van der Waals surface area contributed by atoms with E-state index in [2.05, 4.69) is 13.8 Å². The van der Waals surface area contributed by atoms with Gasteiger partial charge in [0, 0.05) is 12.8 Å². The molecule has 178 valence electrons. The fourth-order valence-corrected chi connectivity index (χ4v) is 4.19. The van der Waals surface area contributed by atoms with Gasteiger partial charge in [-0.25, -0.2) is 0 Å². The van der Waals surface area contributed by atoms with E-state index >= 15 is 0 Å². The summed E-state index contributed by atoms with van der Waals surface area (Å²) in [7, 11) is 0. The standard InChI is InChI=1S/C28H54O2/c1-3-5-7-9-11-12-13-14-15-16-17-18-19-21-23-25-28(30)26-27(29)24-22-20-10-8-6-4-2/h3-26H2,1-2H3. The third-order valence-corrected chi connectivity index (χ3v) is 6.26. The average molecular weight is 423 g/mol. The summed E-state index contributed by atoms with van der Waals surface area (Å²) in [4.78, 5) is 23.8. The van der Waals surface area contributed by atoms with Crippen LogP contribution < -0.4 is 0 Å². The van der Waals surface area contributed by atoms with Crippen LogP contribution in [0.1, 0.15) is 168 Å². The fraction of sp³-hybridized carbons (Fsp3) is 0.929. The zero-order chi connectivity index (χ0) is 22.1. The van der Waals surface area contributed by atoms with Gasteiger partial charge in [0.25, 0.3) is 0 Å². The molecule has 2 heteroatoms. The maximum Gasteiger partial charge on any atom is 0.140 e. The molecule has 0 rings (SSSR count). The molecule has 0 amide bonds. The number of unbranched alkanes of at least 4 members (excludes halogenated alkanes) is 19. The van der Waals surface area contributed by atoms with E-state index in [1.165, 1.54) is 109 Å². The van der Waals surface area contributed by atoms with Crippen molar-refractivity contribution in [3.05, 3.63) is 0 Å². The van der Waals surface area contributed by atoms with Crippen molar-refractivity contribution in [1.29, 1.82) is 0 Å². The summed E-state index contributed by atoms with van der Waals surface area (Å²) in [6.45, 7) is 4.49. The van der Waals surface area contributed by atoms with Crippen LogP contribution in [0.4, 0.5) is 0 Å². The molecule has 0 N–H and O–H groups in total. The Hall–Kier alpha value is -0.660. The van der Waals surface area contributed by atoms with Crippen molar-refractivity contribution in [3.63, 3.8) is 0 Å². The second-order valence-corrected chi connectivity index (χ2v) is 9.47. The van der Waals surface area contributed by atoms with Gasteiger partial charge >= 0.3 is 0 Å². The van der Waals surface area contributed by atoms with Gasteiger partial charge in [0.15, 0.2) is 0 Å². The molecule has 2 nitrogen and oxygen atoms in total. The summed E-state index contributed by atoms with van der Waals surface area (Å²) in [5.41, 5.74) is 0. The Morgan fingerprint density at radius 3 is 0.867 bits per heavy atom. The predicted molar refractivity (Wildman–Crippen MR) is 132 cm³/mol. The molecule has 0 saturated heterocycles. The predicted octanol–water partition coefficient (Wildman–Crippen LogP) is 9.53. The van der Waals surface area contributed by atoms with E-state index in [9.17, 15) is 9.59 Å². The molecular formula is C28H54O2. The van der Waals surface area contributed by atoms with E-state index in [4.69, 9.17) is 0 Å². The molecule has 0 aromatic heterocycles. The number of hydrogen-bond donors (Lipinski definition) is 0. The Kier molecular flexibility index (Phi) is 24.1. The topological polar surface area (TPSA) is 34.1 Å². The van der Waals surface area contributed by atoms with Gasteiger partial charge in [-0.3, -0.25) is 9.59 Å². The quantitative estimate of drug-likeness (QED) is 0.108. The SMILES string of the molecule is CCCCCCCCCCCCCCCCCC(=O)CC(=O)CCCCCCCC. The van der Waals surface area contributed by atoms with Crippen molar-refractivity contribution in [2.45, 2.75) is 168 Å². The molecule has 0 aromatic carbocycles. The van der Waals surface area contributed by atoms with Crippen LogP contribution in [-0.4, -0.2) is 11.6 Å². The third kappa shape index (κ3) is 23.6. The van der Waals surface area contributed by atoms with Crippen molar-refractivity contribution in [1.82, 2.24) is 0 Å². The van der Waals surface area contributed by atoms with E-state index in [0.717, 1.165) is 25.7 Å². The number of ketones is 2. The number of carbonyl (C=O) groups is 2. The minimum atomic E-state index is 0.163. The van der Waals surface area contributed by atoms with Crippen molar-refractivity contribution in [2.24, 2.45) is 0 Å². The second-order valence-electron chi connectivity index (χ2n) is 9.47. The molecule has 0 saturated carbocycles. The minimum absolute atomic E-state index is 0.163. The number of carbonyl (C=O) groups excluding carboxylic acids is 2. The van der Waals surface area contributed by atoms with Gasteiger partial charge in [0.2, 0.25) is 0 Å². The van der Waals surface area contributed by atoms with Crippen LogP contribution in [0.15, 0.2) is 0 Å². The summed E-state index contributed by atoms with van der Waals surface area (Å²) in [5, 5.41) is 0. The molecule has 0 spiro atoms. The molecule has 30 heavy (non-hydrogen) atoms. The van der Waals surface area contributed by atoms with Crippen LogP contribution in [0, 0.1) is 0 Å². The molecular weight excluding hydrogens is 368 g/mol. The molecule has 0 heterocycles. The van der Waals surface area contributed by atoms with E-state index in [-0.39, 0.29) is 18.0 Å². The van der Waals surface area contributed by atoms with Gasteiger partial charge < -0.3 is 0 Å². The summed E-state index contributed by atoms with van der Waals surface area (Å²) in [5.74, 6) is 0.331. The van der Waals surface area contributed by atoms with Crippen LogP contribution in [0.3, 0.4) is 0 Å². The largest absolute Gasteiger partial charge is 0.299 e. The lowest BCUT2D eigenvalue weighted by atomic mass is 10.0. The molecule has 0 aromatic rings. The van der Waals surface area contributed by atoms with Crippen molar-refractivity contribution < 1.29 is 9.59 Å². The van der Waals surface area contributed by atoms with Gasteiger partial charge in [0.1, 0.15) is 11.6 Å². The molecule has 0 aliphatic rings. The lowest BCUT2D eigenvalue weighted by Crippen LogP contribution is -2.07. The van der Waals surface area contributed by atoms with Gasteiger partial charge in [-0.05, 0) is 12.8 Å². The number of hydrogen-bond acceptors (Lipinski definition) is 2. The highest BCUT2D eigenvalue weighted by Gasteiger charge is 2.09. The van der Waals surface area contributed by atoms with Gasteiger partial charge in [-0.2, -0.15) is 0 Å². The van der Waals surface area contributed by atoms with E-state index in [0.29, 0.717) is 12.8 Å². The van der Waals surface area contributed by atoms with Crippen LogP contribution in [0.25, 0.3) is 0 Å². The molecule has 0 radical (unpaired) electrons.